The molecule has 0 unspecified atom stereocenters. The third-order valence-electron chi connectivity index (χ3n) is 6.05. The summed E-state index contributed by atoms with van der Waals surface area (Å²) in [5.41, 5.74) is 3.76. The van der Waals surface area contributed by atoms with E-state index in [1.165, 1.54) is 6.33 Å². The van der Waals surface area contributed by atoms with Gasteiger partial charge < -0.3 is 15.0 Å². The van der Waals surface area contributed by atoms with Gasteiger partial charge in [-0.1, -0.05) is 24.8 Å². The monoisotopic (exact) mass is 521 g/mol. The highest BCUT2D eigenvalue weighted by Gasteiger charge is 2.37. The van der Waals surface area contributed by atoms with Crippen molar-refractivity contribution in [1.82, 2.24) is 19.9 Å². The van der Waals surface area contributed by atoms with Crippen LogP contribution in [0.25, 0.3) is 22.2 Å². The maximum absolute atomic E-state index is 12.3. The molecule has 7 nitrogen and oxygen atoms in total. The molecule has 196 valence electrons. The first-order chi connectivity index (χ1) is 18.3. The van der Waals surface area contributed by atoms with Gasteiger partial charge in [0.05, 0.1) is 24.5 Å². The minimum Gasteiger partial charge on any atom is -0.496 e. The molecule has 0 aliphatic carbocycles. The van der Waals surface area contributed by atoms with Crippen LogP contribution in [0.15, 0.2) is 48.9 Å². The van der Waals surface area contributed by atoms with Gasteiger partial charge in [-0.25, -0.2) is 15.0 Å². The lowest BCUT2D eigenvalue weighted by atomic mass is 10.1. The number of hydrogen-bond acceptors (Lipinski definition) is 6. The smallest absolute Gasteiger partial charge is 0.449 e. The number of aromatic nitrogens is 4. The number of terminal acetylenes is 1. The van der Waals surface area contributed by atoms with Crippen molar-refractivity contribution in [2.24, 2.45) is 0 Å². The van der Waals surface area contributed by atoms with Crippen LogP contribution in [0.4, 0.5) is 24.7 Å². The summed E-state index contributed by atoms with van der Waals surface area (Å²) in [7, 11) is 1.58. The van der Waals surface area contributed by atoms with Crippen molar-refractivity contribution in [2.45, 2.75) is 44.7 Å². The van der Waals surface area contributed by atoms with E-state index >= 15 is 0 Å². The van der Waals surface area contributed by atoms with Crippen LogP contribution in [0.1, 0.15) is 43.5 Å². The Morgan fingerprint density at radius 3 is 2.68 bits per heavy atom. The molecular formula is C28H26F3N5O2. The lowest BCUT2D eigenvalue weighted by Gasteiger charge is -2.12. The number of nitrogens with zero attached hydrogens (tertiary/aromatic N) is 3. The largest absolute Gasteiger partial charge is 0.496 e. The zero-order valence-electron chi connectivity index (χ0n) is 20.7. The number of aromatic amines is 1. The number of nitrogens with one attached hydrogen (secondary N) is 2. The molecule has 0 bridgehead atoms. The van der Waals surface area contributed by atoms with Gasteiger partial charge in [0.2, 0.25) is 5.78 Å². The van der Waals surface area contributed by atoms with E-state index in [1.54, 1.807) is 13.3 Å². The number of halogens is 3. The summed E-state index contributed by atoms with van der Waals surface area (Å²) in [4.78, 5) is 27.5. The molecule has 4 aromatic rings. The quantitative estimate of drug-likeness (QED) is 0.176. The molecule has 4 rings (SSSR count). The number of rotatable bonds is 11. The van der Waals surface area contributed by atoms with Crippen molar-refractivity contribution in [3.8, 4) is 29.4 Å². The number of benzene rings is 2. The first-order valence-corrected chi connectivity index (χ1v) is 12.1. The van der Waals surface area contributed by atoms with Crippen LogP contribution in [0.3, 0.4) is 0 Å². The highest BCUT2D eigenvalue weighted by molar-refractivity contribution is 5.95. The number of Topliss-reactive ketones (excluding diaryl/α,β-unsaturated/α-hetero) is 1. The summed E-state index contributed by atoms with van der Waals surface area (Å²) < 4.78 is 42.5. The van der Waals surface area contributed by atoms with Crippen molar-refractivity contribution in [3.63, 3.8) is 0 Å². The lowest BCUT2D eigenvalue weighted by molar-refractivity contribution is -0.171. The predicted molar refractivity (Wildman–Crippen MR) is 139 cm³/mol. The van der Waals surface area contributed by atoms with Gasteiger partial charge in [-0.05, 0) is 37.1 Å². The van der Waals surface area contributed by atoms with Crippen LogP contribution in [-0.2, 0) is 11.2 Å². The van der Waals surface area contributed by atoms with Crippen LogP contribution >= 0.6 is 0 Å². The Bertz CT molecular complexity index is 1470. The van der Waals surface area contributed by atoms with Gasteiger partial charge in [-0.3, -0.25) is 4.79 Å². The van der Waals surface area contributed by atoms with Crippen LogP contribution in [0.5, 0.6) is 5.75 Å². The molecule has 2 aromatic carbocycles. The second-order valence-electron chi connectivity index (χ2n) is 8.72. The normalized spacial score (nSPS) is 11.3. The molecule has 38 heavy (non-hydrogen) atoms. The highest BCUT2D eigenvalue weighted by Crippen LogP contribution is 2.35. The van der Waals surface area contributed by atoms with E-state index < -0.39 is 18.4 Å². The number of ether oxygens (including phenoxy) is 1. The minimum absolute atomic E-state index is 0.224. The summed E-state index contributed by atoms with van der Waals surface area (Å²) in [5, 5.41) is 4.08. The first-order valence-electron chi connectivity index (χ1n) is 12.1. The van der Waals surface area contributed by atoms with Crippen LogP contribution in [0, 0.1) is 12.3 Å². The van der Waals surface area contributed by atoms with Crippen molar-refractivity contribution in [3.05, 3.63) is 60.3 Å². The molecule has 2 N–H and O–H groups in total. The third kappa shape index (κ3) is 6.48. The maximum Gasteiger partial charge on any atom is 0.449 e. The molecule has 0 aliphatic heterocycles. The molecule has 0 aliphatic rings. The van der Waals surface area contributed by atoms with Gasteiger partial charge in [0.25, 0.3) is 0 Å². The Morgan fingerprint density at radius 1 is 1.11 bits per heavy atom. The number of alkyl halides is 3. The fourth-order valence-electron chi connectivity index (χ4n) is 4.09. The van der Waals surface area contributed by atoms with E-state index in [0.29, 0.717) is 36.3 Å². The Kier molecular flexibility index (Phi) is 8.26. The number of ketones is 1. The van der Waals surface area contributed by atoms with Crippen LogP contribution < -0.4 is 10.1 Å². The summed E-state index contributed by atoms with van der Waals surface area (Å²) >= 11 is 0. The summed E-state index contributed by atoms with van der Waals surface area (Å²) in [6.07, 6.45) is 6.34. The molecule has 0 fully saturated rings. The summed E-state index contributed by atoms with van der Waals surface area (Å²) in [6.45, 7) is 0. The number of H-pyrrole nitrogens is 1. The molecule has 0 saturated heterocycles. The van der Waals surface area contributed by atoms with Gasteiger partial charge in [0.15, 0.2) is 0 Å². The van der Waals surface area contributed by atoms with E-state index in [0.717, 1.165) is 40.1 Å². The predicted octanol–water partition coefficient (Wildman–Crippen LogP) is 6.38. The summed E-state index contributed by atoms with van der Waals surface area (Å²) in [6, 6.07) is 11.2. The van der Waals surface area contributed by atoms with E-state index in [9.17, 15) is 18.0 Å². The van der Waals surface area contributed by atoms with Crippen LogP contribution in [-0.4, -0.2) is 39.0 Å². The minimum atomic E-state index is -4.75. The Hall–Kier alpha value is -4.39. The molecule has 0 spiro atoms. The number of carbonyl (C=O) groups is 1. The molecule has 0 atom stereocenters. The SMILES string of the molecule is C#Cc1cccc(Nc2ncnc3cc(OC)c(-c4cnc(CCCCCCC(=O)C(F)(F)F)[nH]4)cc23)c1. The fourth-order valence-corrected chi connectivity index (χ4v) is 4.09. The number of fused-ring (bicyclic) bond motifs is 1. The zero-order chi connectivity index (χ0) is 27.1. The third-order valence-corrected chi connectivity index (χ3v) is 6.05. The molecule has 10 heteroatoms. The van der Waals surface area contributed by atoms with Gasteiger partial charge in [-0.15, -0.1) is 6.42 Å². The molecule has 0 radical (unpaired) electrons. The second kappa shape index (κ2) is 11.8. The maximum atomic E-state index is 12.3. The fraction of sp³-hybridized carbons (Fsp3) is 0.286. The first kappa shape index (κ1) is 26.7. The Balaban J connectivity index is 1.47. The molecule has 2 heterocycles. The van der Waals surface area contributed by atoms with Crippen molar-refractivity contribution in [2.75, 3.05) is 12.4 Å². The summed E-state index contributed by atoms with van der Waals surface area (Å²) in [5.74, 6) is 2.93. The number of carbonyl (C=O) groups excluding carboxylic acids is 1. The topological polar surface area (TPSA) is 92.8 Å². The van der Waals surface area contributed by atoms with Gasteiger partial charge in [0.1, 0.15) is 23.7 Å². The average Bonchev–Trinajstić information content (AvgIpc) is 3.38. The van der Waals surface area contributed by atoms with E-state index in [4.69, 9.17) is 11.2 Å². The van der Waals surface area contributed by atoms with E-state index in [1.807, 2.05) is 36.4 Å². The molecule has 0 saturated carbocycles. The van der Waals surface area contributed by atoms with Gasteiger partial charge in [0, 0.05) is 41.1 Å². The van der Waals surface area contributed by atoms with E-state index in [-0.39, 0.29) is 6.42 Å². The zero-order valence-corrected chi connectivity index (χ0v) is 20.7. The number of unbranched alkanes of at least 4 members (excludes halogenated alkanes) is 3. The van der Waals surface area contributed by atoms with Crippen LogP contribution in [0.2, 0.25) is 0 Å². The van der Waals surface area contributed by atoms with Gasteiger partial charge >= 0.3 is 6.18 Å². The second-order valence-corrected chi connectivity index (χ2v) is 8.72. The number of hydrogen-bond donors (Lipinski definition) is 2. The number of methoxy groups -OCH3 is 1. The van der Waals surface area contributed by atoms with Gasteiger partial charge in [-0.2, -0.15) is 13.2 Å². The standard InChI is InChI=1S/C28H26F3N5O2/c1-3-18-9-8-10-19(13-18)35-27-21-14-20(24(38-2)15-22(21)33-17-34-27)23-16-32-26(36-23)12-7-5-4-6-11-25(37)28(29,30)31/h1,8-10,13-17H,4-7,11-12H2,2H3,(H,32,36)(H,33,34,35). The average molecular weight is 522 g/mol. The Morgan fingerprint density at radius 2 is 1.92 bits per heavy atom. The lowest BCUT2D eigenvalue weighted by Crippen LogP contribution is -2.22. The van der Waals surface area contributed by atoms with Crippen molar-refractivity contribution >= 4 is 28.2 Å². The molecule has 2 aromatic heterocycles. The Labute approximate surface area is 217 Å². The van der Waals surface area contributed by atoms with Crippen molar-refractivity contribution < 1.29 is 22.7 Å². The molecular weight excluding hydrogens is 495 g/mol. The van der Waals surface area contributed by atoms with Crippen molar-refractivity contribution in [1.29, 1.82) is 0 Å². The molecule has 0 amide bonds. The number of imidazole rings is 1. The number of aryl methyl sites for hydroxylation is 1. The number of anilines is 2. The van der Waals surface area contributed by atoms with E-state index in [2.05, 4.69) is 31.2 Å². The highest BCUT2D eigenvalue weighted by atomic mass is 19.4.